The Bertz CT molecular complexity index is 1340. The Kier molecular flexibility index (Phi) is 5.30. The van der Waals surface area contributed by atoms with Crippen molar-refractivity contribution in [3.8, 4) is 34.0 Å². The number of nitrogens with one attached hydrogen (secondary N) is 1. The van der Waals surface area contributed by atoms with Crippen LogP contribution in [0.1, 0.15) is 42.0 Å². The average Bonchev–Trinajstić information content (AvgIpc) is 3.49. The lowest BCUT2D eigenvalue weighted by molar-refractivity contribution is -0.113. The minimum absolute atomic E-state index is 0.240. The van der Waals surface area contributed by atoms with Crippen molar-refractivity contribution >= 4 is 6.29 Å². The first kappa shape index (κ1) is 20.9. The van der Waals surface area contributed by atoms with E-state index in [9.17, 15) is 4.79 Å². The SMILES string of the molecule is Cc1cc(-c2nc(-c3ccc4c(c3)CCC4NC3CC(C=O)C3)no2)ccc1-c1ccncc1. The molecule has 1 unspecified atom stereocenters. The van der Waals surface area contributed by atoms with Crippen molar-refractivity contribution in [1.82, 2.24) is 20.4 Å². The summed E-state index contributed by atoms with van der Waals surface area (Å²) in [7, 11) is 0. The highest BCUT2D eigenvalue weighted by molar-refractivity contribution is 5.71. The Balaban J connectivity index is 1.20. The van der Waals surface area contributed by atoms with Crippen LogP contribution in [0.3, 0.4) is 0 Å². The molecule has 4 aromatic rings. The number of aryl methyl sites for hydroxylation is 2. The van der Waals surface area contributed by atoms with Crippen LogP contribution >= 0.6 is 0 Å². The van der Waals surface area contributed by atoms with E-state index < -0.39 is 0 Å². The second-order valence-corrected chi connectivity index (χ2v) is 9.42. The number of hydrogen-bond acceptors (Lipinski definition) is 6. The van der Waals surface area contributed by atoms with Gasteiger partial charge in [-0.15, -0.1) is 0 Å². The summed E-state index contributed by atoms with van der Waals surface area (Å²) in [4.78, 5) is 19.7. The van der Waals surface area contributed by atoms with E-state index in [1.165, 1.54) is 11.1 Å². The van der Waals surface area contributed by atoms with Crippen molar-refractivity contribution in [3.05, 3.63) is 77.6 Å². The molecule has 6 rings (SSSR count). The third kappa shape index (κ3) is 3.84. The zero-order valence-corrected chi connectivity index (χ0v) is 19.1. The fraction of sp³-hybridized carbons (Fsp3) is 0.286. The number of benzene rings is 2. The van der Waals surface area contributed by atoms with Crippen molar-refractivity contribution in [2.75, 3.05) is 0 Å². The Labute approximate surface area is 198 Å². The number of carbonyl (C=O) groups excluding carboxylic acids is 1. The van der Waals surface area contributed by atoms with Gasteiger partial charge in [-0.05, 0) is 90.8 Å². The summed E-state index contributed by atoms with van der Waals surface area (Å²) in [5, 5.41) is 7.99. The number of nitrogens with zero attached hydrogens (tertiary/aromatic N) is 3. The Morgan fingerprint density at radius 2 is 1.82 bits per heavy atom. The first-order chi connectivity index (χ1) is 16.7. The third-order valence-electron chi connectivity index (χ3n) is 7.17. The lowest BCUT2D eigenvalue weighted by Crippen LogP contribution is -2.43. The van der Waals surface area contributed by atoms with E-state index in [4.69, 9.17) is 9.51 Å². The Morgan fingerprint density at radius 3 is 2.62 bits per heavy atom. The van der Waals surface area contributed by atoms with Crippen LogP contribution < -0.4 is 5.32 Å². The van der Waals surface area contributed by atoms with Crippen LogP contribution in [0.2, 0.25) is 0 Å². The van der Waals surface area contributed by atoms with Gasteiger partial charge in [0.15, 0.2) is 0 Å². The number of rotatable bonds is 6. The molecule has 0 radical (unpaired) electrons. The molecule has 6 heteroatoms. The maximum absolute atomic E-state index is 10.9. The van der Waals surface area contributed by atoms with Crippen LogP contribution in [0.25, 0.3) is 34.0 Å². The van der Waals surface area contributed by atoms with Crippen LogP contribution in [-0.2, 0) is 11.2 Å². The van der Waals surface area contributed by atoms with E-state index in [0.717, 1.165) is 59.8 Å². The van der Waals surface area contributed by atoms with Gasteiger partial charge in [0.2, 0.25) is 5.82 Å². The minimum atomic E-state index is 0.240. The number of pyridine rings is 1. The topological polar surface area (TPSA) is 80.9 Å². The Hall–Kier alpha value is -3.64. The molecular formula is C28H26N4O2. The van der Waals surface area contributed by atoms with E-state index in [0.29, 0.717) is 23.8 Å². The average molecular weight is 451 g/mol. The van der Waals surface area contributed by atoms with E-state index >= 15 is 0 Å². The molecule has 0 amide bonds. The number of aromatic nitrogens is 3. The highest BCUT2D eigenvalue weighted by Gasteiger charge is 2.32. The van der Waals surface area contributed by atoms with Crippen LogP contribution in [0.4, 0.5) is 0 Å². The standard InChI is InChI=1S/C28H26N4O2/c1-17-12-22(3-5-24(17)19-8-10-29-11-9-19)28-31-27(32-34-28)21-2-6-25-20(15-21)4-7-26(25)30-23-13-18(14-23)16-33/h2-3,5-6,8-12,15-16,18,23,26,30H,4,7,13-14H2,1H3. The van der Waals surface area contributed by atoms with E-state index in [-0.39, 0.29) is 5.92 Å². The zero-order chi connectivity index (χ0) is 23.1. The van der Waals surface area contributed by atoms with Crippen molar-refractivity contribution in [2.45, 2.75) is 44.7 Å². The predicted octanol–water partition coefficient (Wildman–Crippen LogP) is 5.33. The molecule has 1 fully saturated rings. The smallest absolute Gasteiger partial charge is 0.258 e. The molecule has 0 aliphatic heterocycles. The molecule has 1 N–H and O–H groups in total. The number of aldehydes is 1. The van der Waals surface area contributed by atoms with Gasteiger partial charge in [0, 0.05) is 41.5 Å². The van der Waals surface area contributed by atoms with Crippen LogP contribution in [0.15, 0.2) is 65.4 Å². The Morgan fingerprint density at radius 1 is 1.00 bits per heavy atom. The lowest BCUT2D eigenvalue weighted by Gasteiger charge is -2.35. The molecule has 34 heavy (non-hydrogen) atoms. The summed E-state index contributed by atoms with van der Waals surface area (Å²) in [5.41, 5.74) is 8.02. The van der Waals surface area contributed by atoms with Gasteiger partial charge in [0.25, 0.3) is 5.89 Å². The zero-order valence-electron chi connectivity index (χ0n) is 19.1. The summed E-state index contributed by atoms with van der Waals surface area (Å²) in [6.07, 6.45) is 8.73. The van der Waals surface area contributed by atoms with Gasteiger partial charge >= 0.3 is 0 Å². The monoisotopic (exact) mass is 450 g/mol. The number of hydrogen-bond donors (Lipinski definition) is 1. The fourth-order valence-electron chi connectivity index (χ4n) is 5.23. The second-order valence-electron chi connectivity index (χ2n) is 9.42. The minimum Gasteiger partial charge on any atom is -0.334 e. The van der Waals surface area contributed by atoms with Gasteiger partial charge in [-0.3, -0.25) is 4.98 Å². The third-order valence-corrected chi connectivity index (χ3v) is 7.17. The first-order valence-electron chi connectivity index (χ1n) is 11.9. The van der Waals surface area contributed by atoms with Crippen LogP contribution in [-0.4, -0.2) is 27.5 Å². The fourth-order valence-corrected chi connectivity index (χ4v) is 5.23. The molecule has 1 saturated carbocycles. The molecule has 2 aromatic heterocycles. The van der Waals surface area contributed by atoms with Gasteiger partial charge in [-0.2, -0.15) is 4.98 Å². The van der Waals surface area contributed by atoms with E-state index in [1.54, 1.807) is 12.4 Å². The summed E-state index contributed by atoms with van der Waals surface area (Å²) >= 11 is 0. The largest absolute Gasteiger partial charge is 0.334 e. The summed E-state index contributed by atoms with van der Waals surface area (Å²) < 4.78 is 5.63. The van der Waals surface area contributed by atoms with Crippen molar-refractivity contribution in [3.63, 3.8) is 0 Å². The second kappa shape index (κ2) is 8.61. The number of carbonyl (C=O) groups is 1. The van der Waals surface area contributed by atoms with Crippen LogP contribution in [0.5, 0.6) is 0 Å². The normalized spacial score (nSPS) is 21.1. The molecule has 2 aromatic carbocycles. The molecule has 0 bridgehead atoms. The van der Waals surface area contributed by atoms with Crippen molar-refractivity contribution in [1.29, 1.82) is 0 Å². The highest BCUT2D eigenvalue weighted by atomic mass is 16.5. The first-order valence-corrected chi connectivity index (χ1v) is 11.9. The van der Waals surface area contributed by atoms with Gasteiger partial charge in [0.05, 0.1) is 0 Å². The molecule has 1 atom stereocenters. The molecule has 170 valence electrons. The van der Waals surface area contributed by atoms with Gasteiger partial charge in [0.1, 0.15) is 6.29 Å². The summed E-state index contributed by atoms with van der Waals surface area (Å²) in [5.74, 6) is 1.37. The molecule has 6 nitrogen and oxygen atoms in total. The van der Waals surface area contributed by atoms with Crippen molar-refractivity contribution < 1.29 is 9.32 Å². The van der Waals surface area contributed by atoms with Crippen molar-refractivity contribution in [2.24, 2.45) is 5.92 Å². The molecule has 2 aliphatic rings. The highest BCUT2D eigenvalue weighted by Crippen LogP contribution is 2.37. The predicted molar refractivity (Wildman–Crippen MR) is 130 cm³/mol. The molecule has 0 spiro atoms. The van der Waals surface area contributed by atoms with Gasteiger partial charge in [-0.25, -0.2) is 0 Å². The van der Waals surface area contributed by atoms with E-state index in [2.05, 4.69) is 52.7 Å². The van der Waals surface area contributed by atoms with Gasteiger partial charge < -0.3 is 14.6 Å². The molecular weight excluding hydrogens is 424 g/mol. The number of fused-ring (bicyclic) bond motifs is 1. The summed E-state index contributed by atoms with van der Waals surface area (Å²) in [6.45, 7) is 2.09. The van der Waals surface area contributed by atoms with E-state index in [1.807, 2.05) is 18.2 Å². The maximum atomic E-state index is 10.9. The maximum Gasteiger partial charge on any atom is 0.258 e. The molecule has 0 saturated heterocycles. The lowest BCUT2D eigenvalue weighted by atomic mass is 9.81. The molecule has 2 aliphatic carbocycles. The quantitative estimate of drug-likeness (QED) is 0.400. The van der Waals surface area contributed by atoms with Crippen LogP contribution in [0, 0.1) is 12.8 Å². The molecule has 2 heterocycles. The summed E-state index contributed by atoms with van der Waals surface area (Å²) in [6, 6.07) is 17.5. The van der Waals surface area contributed by atoms with Gasteiger partial charge in [-0.1, -0.05) is 23.4 Å².